The zero-order valence-electron chi connectivity index (χ0n) is 22.9. The second-order valence-corrected chi connectivity index (χ2v) is 9.74. The van der Waals surface area contributed by atoms with Crippen molar-refractivity contribution in [2.45, 2.75) is 53.6 Å². The molecule has 0 saturated carbocycles. The van der Waals surface area contributed by atoms with Crippen molar-refractivity contribution in [3.63, 3.8) is 0 Å². The molecule has 1 atom stereocenters. The number of aryl methyl sites for hydroxylation is 1. The SMILES string of the molecule is CCOC(=O)c1nc(C(C(C)C)N(CCCN)C(=O)c2ccc(C)cc2)n(Cc2ccccc2)c(=O)c1C. The zero-order valence-corrected chi connectivity index (χ0v) is 22.9. The van der Waals surface area contributed by atoms with Crippen LogP contribution in [0.2, 0.25) is 0 Å². The molecule has 0 radical (unpaired) electrons. The highest BCUT2D eigenvalue weighted by Crippen LogP contribution is 2.30. The molecule has 0 spiro atoms. The molecule has 0 aliphatic rings. The van der Waals surface area contributed by atoms with E-state index in [1.165, 1.54) is 0 Å². The number of nitrogens with zero attached hydrogens (tertiary/aromatic N) is 3. The maximum Gasteiger partial charge on any atom is 0.357 e. The van der Waals surface area contributed by atoms with Crippen LogP contribution in [-0.2, 0) is 11.3 Å². The van der Waals surface area contributed by atoms with Crippen LogP contribution in [-0.4, -0.2) is 46.0 Å². The Labute approximate surface area is 224 Å². The molecule has 3 aromatic rings. The highest BCUT2D eigenvalue weighted by atomic mass is 16.5. The normalized spacial score (nSPS) is 11.9. The van der Waals surface area contributed by atoms with Gasteiger partial charge in [-0.2, -0.15) is 0 Å². The maximum atomic E-state index is 13.9. The van der Waals surface area contributed by atoms with E-state index in [0.29, 0.717) is 30.9 Å². The van der Waals surface area contributed by atoms with Gasteiger partial charge in [-0.25, -0.2) is 9.78 Å². The molecule has 0 bridgehead atoms. The highest BCUT2D eigenvalue weighted by molar-refractivity contribution is 5.94. The van der Waals surface area contributed by atoms with E-state index in [1.54, 1.807) is 35.4 Å². The van der Waals surface area contributed by atoms with Gasteiger partial charge < -0.3 is 15.4 Å². The van der Waals surface area contributed by atoms with Crippen molar-refractivity contribution in [2.75, 3.05) is 19.7 Å². The Balaban J connectivity index is 2.26. The van der Waals surface area contributed by atoms with Crippen LogP contribution in [0.5, 0.6) is 0 Å². The molecular weight excluding hydrogens is 480 g/mol. The Morgan fingerprint density at radius 2 is 1.71 bits per heavy atom. The Morgan fingerprint density at radius 1 is 1.05 bits per heavy atom. The summed E-state index contributed by atoms with van der Waals surface area (Å²) in [6.07, 6.45) is 0.570. The summed E-state index contributed by atoms with van der Waals surface area (Å²) in [5.74, 6) is -0.624. The predicted octanol–water partition coefficient (Wildman–Crippen LogP) is 4.27. The molecule has 38 heavy (non-hydrogen) atoms. The minimum atomic E-state index is -0.656. The van der Waals surface area contributed by atoms with E-state index in [4.69, 9.17) is 15.5 Å². The molecule has 8 heteroatoms. The van der Waals surface area contributed by atoms with E-state index < -0.39 is 12.0 Å². The van der Waals surface area contributed by atoms with Crippen LogP contribution in [0.25, 0.3) is 0 Å². The van der Waals surface area contributed by atoms with Gasteiger partial charge >= 0.3 is 5.97 Å². The van der Waals surface area contributed by atoms with Gasteiger partial charge in [-0.15, -0.1) is 0 Å². The first kappa shape index (κ1) is 28.8. The fourth-order valence-corrected chi connectivity index (χ4v) is 4.50. The fourth-order valence-electron chi connectivity index (χ4n) is 4.50. The number of hydrogen-bond acceptors (Lipinski definition) is 6. The van der Waals surface area contributed by atoms with Gasteiger partial charge in [-0.1, -0.05) is 61.9 Å². The first-order chi connectivity index (χ1) is 18.2. The first-order valence-electron chi connectivity index (χ1n) is 13.1. The lowest BCUT2D eigenvalue weighted by molar-refractivity contribution is 0.0515. The smallest absolute Gasteiger partial charge is 0.357 e. The summed E-state index contributed by atoms with van der Waals surface area (Å²) in [4.78, 5) is 47.0. The van der Waals surface area contributed by atoms with Crippen molar-refractivity contribution in [1.82, 2.24) is 14.5 Å². The van der Waals surface area contributed by atoms with Crippen LogP contribution in [0, 0.1) is 19.8 Å². The fraction of sp³-hybridized carbons (Fsp3) is 0.400. The Hall–Kier alpha value is -3.78. The average molecular weight is 519 g/mol. The second-order valence-electron chi connectivity index (χ2n) is 9.74. The molecule has 2 N–H and O–H groups in total. The van der Waals surface area contributed by atoms with E-state index in [9.17, 15) is 14.4 Å². The Kier molecular flexibility index (Phi) is 9.96. The molecule has 202 valence electrons. The summed E-state index contributed by atoms with van der Waals surface area (Å²) in [5, 5.41) is 0. The topological polar surface area (TPSA) is 108 Å². The molecule has 8 nitrogen and oxygen atoms in total. The van der Waals surface area contributed by atoms with E-state index in [0.717, 1.165) is 11.1 Å². The van der Waals surface area contributed by atoms with E-state index >= 15 is 0 Å². The minimum absolute atomic E-state index is 0.0247. The first-order valence-corrected chi connectivity index (χ1v) is 13.1. The molecule has 2 aromatic carbocycles. The number of esters is 1. The van der Waals surface area contributed by atoms with Crippen LogP contribution in [0.4, 0.5) is 0 Å². The summed E-state index contributed by atoms with van der Waals surface area (Å²) < 4.78 is 6.80. The number of hydrogen-bond donors (Lipinski definition) is 1. The van der Waals surface area contributed by atoms with Gasteiger partial charge in [0, 0.05) is 17.7 Å². The molecule has 0 aliphatic heterocycles. The van der Waals surface area contributed by atoms with Crippen LogP contribution in [0.3, 0.4) is 0 Å². The van der Waals surface area contributed by atoms with Crippen LogP contribution >= 0.6 is 0 Å². The van der Waals surface area contributed by atoms with Crippen LogP contribution in [0.15, 0.2) is 59.4 Å². The second kappa shape index (κ2) is 13.1. The zero-order chi connectivity index (χ0) is 27.8. The van der Waals surface area contributed by atoms with Gasteiger partial charge in [0.15, 0.2) is 5.69 Å². The van der Waals surface area contributed by atoms with E-state index in [2.05, 4.69) is 0 Å². The van der Waals surface area contributed by atoms with Crippen molar-refractivity contribution in [2.24, 2.45) is 11.7 Å². The summed E-state index contributed by atoms with van der Waals surface area (Å²) in [5.41, 5.74) is 8.19. The van der Waals surface area contributed by atoms with Gasteiger partial charge in [0.2, 0.25) is 0 Å². The van der Waals surface area contributed by atoms with Gasteiger partial charge in [0.1, 0.15) is 5.82 Å². The van der Waals surface area contributed by atoms with Crippen LogP contribution in [0.1, 0.15) is 76.6 Å². The molecule has 0 fully saturated rings. The quantitative estimate of drug-likeness (QED) is 0.380. The largest absolute Gasteiger partial charge is 0.461 e. The van der Waals surface area contributed by atoms with Gasteiger partial charge in [-0.3, -0.25) is 14.2 Å². The maximum absolute atomic E-state index is 13.9. The number of rotatable bonds is 11. The third-order valence-corrected chi connectivity index (χ3v) is 6.47. The van der Waals surface area contributed by atoms with Crippen molar-refractivity contribution in [3.8, 4) is 0 Å². The predicted molar refractivity (Wildman–Crippen MR) is 148 cm³/mol. The summed E-state index contributed by atoms with van der Waals surface area (Å²) >= 11 is 0. The summed E-state index contributed by atoms with van der Waals surface area (Å²) in [7, 11) is 0. The van der Waals surface area contributed by atoms with Crippen molar-refractivity contribution >= 4 is 11.9 Å². The molecule has 3 rings (SSSR count). The third-order valence-electron chi connectivity index (χ3n) is 6.47. The molecule has 0 saturated heterocycles. The molecule has 1 amide bonds. The number of benzene rings is 2. The van der Waals surface area contributed by atoms with Gasteiger partial charge in [0.05, 0.1) is 19.2 Å². The highest BCUT2D eigenvalue weighted by Gasteiger charge is 2.34. The Bertz CT molecular complexity index is 1300. The number of carbonyl (C=O) groups excluding carboxylic acids is 2. The molecule has 1 aromatic heterocycles. The lowest BCUT2D eigenvalue weighted by atomic mass is 9.98. The number of nitrogens with two attached hydrogens (primary N) is 1. The van der Waals surface area contributed by atoms with E-state index in [-0.39, 0.29) is 41.8 Å². The van der Waals surface area contributed by atoms with Crippen molar-refractivity contribution in [3.05, 3.63) is 98.7 Å². The van der Waals surface area contributed by atoms with Gasteiger partial charge in [0.25, 0.3) is 11.5 Å². The third kappa shape index (κ3) is 6.55. The standard InChI is InChI=1S/C30H38N4O4/c1-6-38-30(37)25-22(5)28(35)34(19-23-11-8-7-9-12-23)27(32-25)26(20(2)3)33(18-10-17-31)29(36)24-15-13-21(4)14-16-24/h7-9,11-16,20,26H,6,10,17-19,31H2,1-5H3. The average Bonchev–Trinajstić information content (AvgIpc) is 2.90. The number of aromatic nitrogens is 2. The number of ether oxygens (including phenoxy) is 1. The number of carbonyl (C=O) groups is 2. The van der Waals surface area contributed by atoms with Gasteiger partial charge in [-0.05, 0) is 57.4 Å². The molecule has 1 unspecified atom stereocenters. The van der Waals surface area contributed by atoms with Crippen LogP contribution < -0.4 is 11.3 Å². The monoisotopic (exact) mass is 518 g/mol. The Morgan fingerprint density at radius 3 is 2.29 bits per heavy atom. The summed E-state index contributed by atoms with van der Waals surface area (Å²) in [6.45, 7) is 10.4. The minimum Gasteiger partial charge on any atom is -0.461 e. The molecular formula is C30H38N4O4. The molecule has 0 aliphatic carbocycles. The lowest BCUT2D eigenvalue weighted by Crippen LogP contribution is -2.43. The lowest BCUT2D eigenvalue weighted by Gasteiger charge is -2.35. The number of amides is 1. The van der Waals surface area contributed by atoms with Crippen molar-refractivity contribution < 1.29 is 14.3 Å². The molecule has 1 heterocycles. The van der Waals surface area contributed by atoms with Crippen molar-refractivity contribution in [1.29, 1.82) is 0 Å². The van der Waals surface area contributed by atoms with E-state index in [1.807, 2.05) is 63.2 Å². The summed E-state index contributed by atoms with van der Waals surface area (Å²) in [6, 6.07) is 16.4.